The molecule has 0 aromatic rings. The Kier molecular flexibility index (Phi) is 5.02. The van der Waals surface area contributed by atoms with Gasteiger partial charge in [-0.2, -0.15) is 0 Å². The van der Waals surface area contributed by atoms with Gasteiger partial charge in [0.1, 0.15) is 0 Å². The topological polar surface area (TPSA) is 29.4 Å². The first-order valence-corrected chi connectivity index (χ1v) is 5.57. The zero-order chi connectivity index (χ0) is 11.1. The standard InChI is InChI=1S/C13H19NO/c1-11(15)13(10-14-2)9-8-12-6-4-3-5-7-12/h6,10H,2-5,7-9H2,1H3/b13-10+. The quantitative estimate of drug-likeness (QED) is 0.384. The highest BCUT2D eigenvalue weighted by atomic mass is 16.1. The summed E-state index contributed by atoms with van der Waals surface area (Å²) >= 11 is 0. The smallest absolute Gasteiger partial charge is 0.157 e. The van der Waals surface area contributed by atoms with E-state index in [9.17, 15) is 4.79 Å². The molecule has 2 nitrogen and oxygen atoms in total. The van der Waals surface area contributed by atoms with Crippen LogP contribution in [0.1, 0.15) is 45.4 Å². The Bertz CT molecular complexity index is 300. The van der Waals surface area contributed by atoms with Crippen molar-refractivity contribution in [3.8, 4) is 0 Å². The van der Waals surface area contributed by atoms with Crippen molar-refractivity contribution in [3.05, 3.63) is 23.4 Å². The van der Waals surface area contributed by atoms with E-state index in [2.05, 4.69) is 17.8 Å². The van der Waals surface area contributed by atoms with Crippen LogP contribution in [0.15, 0.2) is 28.4 Å². The molecule has 1 aliphatic rings. The maximum absolute atomic E-state index is 11.2. The summed E-state index contributed by atoms with van der Waals surface area (Å²) in [4.78, 5) is 14.9. The number of aliphatic imine (C=N–C) groups is 1. The van der Waals surface area contributed by atoms with E-state index >= 15 is 0 Å². The van der Waals surface area contributed by atoms with Gasteiger partial charge in [0.25, 0.3) is 0 Å². The van der Waals surface area contributed by atoms with Crippen molar-refractivity contribution < 1.29 is 4.79 Å². The number of carbonyl (C=O) groups is 1. The van der Waals surface area contributed by atoms with Crippen LogP contribution >= 0.6 is 0 Å². The Balaban J connectivity index is 2.46. The summed E-state index contributed by atoms with van der Waals surface area (Å²) in [5.41, 5.74) is 2.29. The molecular weight excluding hydrogens is 186 g/mol. The van der Waals surface area contributed by atoms with E-state index in [0.717, 1.165) is 18.4 Å². The predicted octanol–water partition coefficient (Wildman–Crippen LogP) is 3.44. The van der Waals surface area contributed by atoms with Gasteiger partial charge in [0.2, 0.25) is 0 Å². The lowest BCUT2D eigenvalue weighted by molar-refractivity contribution is -0.113. The summed E-state index contributed by atoms with van der Waals surface area (Å²) in [5, 5.41) is 0. The molecular formula is C13H19NO. The molecule has 1 rings (SSSR count). The van der Waals surface area contributed by atoms with Crippen LogP contribution in [0.2, 0.25) is 0 Å². The molecule has 0 bridgehead atoms. The van der Waals surface area contributed by atoms with Gasteiger partial charge in [-0.1, -0.05) is 11.6 Å². The van der Waals surface area contributed by atoms with E-state index < -0.39 is 0 Å². The van der Waals surface area contributed by atoms with Gasteiger partial charge in [0.15, 0.2) is 5.78 Å². The first kappa shape index (κ1) is 11.9. The Morgan fingerprint density at radius 1 is 1.60 bits per heavy atom. The zero-order valence-electron chi connectivity index (χ0n) is 9.46. The molecule has 0 fully saturated rings. The van der Waals surface area contributed by atoms with Crippen LogP contribution < -0.4 is 0 Å². The third-order valence-electron chi connectivity index (χ3n) is 2.80. The van der Waals surface area contributed by atoms with Crippen molar-refractivity contribution in [3.63, 3.8) is 0 Å². The van der Waals surface area contributed by atoms with Crippen LogP contribution in [0, 0.1) is 0 Å². The van der Waals surface area contributed by atoms with Gasteiger partial charge in [-0.3, -0.25) is 9.79 Å². The lowest BCUT2D eigenvalue weighted by atomic mass is 9.94. The van der Waals surface area contributed by atoms with Crippen LogP contribution in [-0.2, 0) is 4.79 Å². The third kappa shape index (κ3) is 4.24. The van der Waals surface area contributed by atoms with Crippen molar-refractivity contribution in [1.82, 2.24) is 0 Å². The number of hydrogen-bond donors (Lipinski definition) is 0. The minimum atomic E-state index is 0.110. The first-order valence-electron chi connectivity index (χ1n) is 5.57. The fourth-order valence-electron chi connectivity index (χ4n) is 1.87. The van der Waals surface area contributed by atoms with Crippen LogP contribution in [0.4, 0.5) is 0 Å². The van der Waals surface area contributed by atoms with Crippen molar-refractivity contribution in [2.24, 2.45) is 4.99 Å². The average Bonchev–Trinajstić information content (AvgIpc) is 2.25. The number of carbonyl (C=O) groups excluding carboxylic acids is 1. The molecule has 0 unspecified atom stereocenters. The lowest BCUT2D eigenvalue weighted by Gasteiger charge is -2.12. The summed E-state index contributed by atoms with van der Waals surface area (Å²) in [7, 11) is 0. The molecule has 0 heterocycles. The summed E-state index contributed by atoms with van der Waals surface area (Å²) in [6.07, 6.45) is 10.7. The minimum absolute atomic E-state index is 0.110. The number of allylic oxidation sites excluding steroid dienone is 3. The number of rotatable bonds is 5. The third-order valence-corrected chi connectivity index (χ3v) is 2.80. The van der Waals surface area contributed by atoms with E-state index in [1.807, 2.05) is 0 Å². The van der Waals surface area contributed by atoms with Gasteiger partial charge < -0.3 is 0 Å². The van der Waals surface area contributed by atoms with Gasteiger partial charge >= 0.3 is 0 Å². The fourth-order valence-corrected chi connectivity index (χ4v) is 1.87. The van der Waals surface area contributed by atoms with E-state index in [1.165, 1.54) is 31.3 Å². The summed E-state index contributed by atoms with van der Waals surface area (Å²) in [6.45, 7) is 4.97. The normalized spacial score (nSPS) is 17.1. The molecule has 2 heteroatoms. The molecule has 0 saturated carbocycles. The van der Waals surface area contributed by atoms with Crippen molar-refractivity contribution in [2.45, 2.75) is 45.4 Å². The van der Waals surface area contributed by atoms with Gasteiger partial charge in [-0.25, -0.2) is 0 Å². The Labute approximate surface area is 91.8 Å². The molecule has 1 aliphatic carbocycles. The Morgan fingerprint density at radius 2 is 2.40 bits per heavy atom. The Morgan fingerprint density at radius 3 is 2.93 bits per heavy atom. The second-order valence-corrected chi connectivity index (χ2v) is 4.00. The van der Waals surface area contributed by atoms with Crippen LogP contribution in [-0.4, -0.2) is 12.5 Å². The van der Waals surface area contributed by atoms with Gasteiger partial charge in [-0.05, 0) is 52.2 Å². The summed E-state index contributed by atoms with van der Waals surface area (Å²) in [6, 6.07) is 0. The van der Waals surface area contributed by atoms with E-state index in [0.29, 0.717) is 0 Å². The molecule has 0 aromatic carbocycles. The van der Waals surface area contributed by atoms with Crippen molar-refractivity contribution in [2.75, 3.05) is 0 Å². The molecule has 0 amide bonds. The second kappa shape index (κ2) is 6.33. The lowest BCUT2D eigenvalue weighted by Crippen LogP contribution is -1.99. The highest BCUT2D eigenvalue weighted by Gasteiger charge is 2.07. The number of ketones is 1. The molecule has 0 saturated heterocycles. The number of nitrogens with zero attached hydrogens (tertiary/aromatic N) is 1. The van der Waals surface area contributed by atoms with Gasteiger partial charge in [0.05, 0.1) is 0 Å². The van der Waals surface area contributed by atoms with Gasteiger partial charge in [-0.15, -0.1) is 0 Å². The molecule has 0 radical (unpaired) electrons. The maximum Gasteiger partial charge on any atom is 0.157 e. The Hall–Kier alpha value is -1.18. The summed E-state index contributed by atoms with van der Waals surface area (Å²) in [5.74, 6) is 0.110. The van der Waals surface area contributed by atoms with Crippen LogP contribution in [0.3, 0.4) is 0 Å². The van der Waals surface area contributed by atoms with Crippen molar-refractivity contribution >= 4 is 12.5 Å². The van der Waals surface area contributed by atoms with Gasteiger partial charge in [0, 0.05) is 11.8 Å². The molecule has 82 valence electrons. The molecule has 0 atom stereocenters. The predicted molar refractivity (Wildman–Crippen MR) is 64.1 cm³/mol. The number of hydrogen-bond acceptors (Lipinski definition) is 2. The van der Waals surface area contributed by atoms with E-state index in [-0.39, 0.29) is 5.78 Å². The largest absolute Gasteiger partial charge is 0.295 e. The van der Waals surface area contributed by atoms with Crippen LogP contribution in [0.25, 0.3) is 0 Å². The van der Waals surface area contributed by atoms with Crippen molar-refractivity contribution in [1.29, 1.82) is 0 Å². The SMILES string of the molecule is C=N/C=C(\CCC1=CCCCC1)C(C)=O. The minimum Gasteiger partial charge on any atom is -0.295 e. The second-order valence-electron chi connectivity index (χ2n) is 4.00. The first-order chi connectivity index (χ1) is 7.24. The summed E-state index contributed by atoms with van der Waals surface area (Å²) < 4.78 is 0. The molecule has 0 aromatic heterocycles. The number of Topliss-reactive ketones (excluding diaryl/α,β-unsaturated/α-hetero) is 1. The van der Waals surface area contributed by atoms with E-state index in [4.69, 9.17) is 0 Å². The average molecular weight is 205 g/mol. The monoisotopic (exact) mass is 205 g/mol. The zero-order valence-corrected chi connectivity index (χ0v) is 9.46. The maximum atomic E-state index is 11.2. The fraction of sp³-hybridized carbons (Fsp3) is 0.538. The highest BCUT2D eigenvalue weighted by molar-refractivity contribution is 5.93. The highest BCUT2D eigenvalue weighted by Crippen LogP contribution is 2.23. The van der Waals surface area contributed by atoms with Crippen LogP contribution in [0.5, 0.6) is 0 Å². The van der Waals surface area contributed by atoms with E-state index in [1.54, 1.807) is 13.1 Å². The molecule has 0 spiro atoms. The molecule has 0 N–H and O–H groups in total. The molecule has 0 aliphatic heterocycles. The molecule has 15 heavy (non-hydrogen) atoms.